The van der Waals surface area contributed by atoms with Gasteiger partial charge < -0.3 is 29.6 Å². The number of aliphatic imine (C=N–C) groups is 2. The van der Waals surface area contributed by atoms with Crippen LogP contribution in [-0.2, 0) is 16.8 Å². The van der Waals surface area contributed by atoms with E-state index in [0.717, 1.165) is 56.9 Å². The summed E-state index contributed by atoms with van der Waals surface area (Å²) in [5, 5.41) is 31.0. The van der Waals surface area contributed by atoms with Gasteiger partial charge in [-0.2, -0.15) is 12.4 Å². The van der Waals surface area contributed by atoms with Gasteiger partial charge in [-0.05, 0) is 147 Å². The van der Waals surface area contributed by atoms with E-state index in [0.29, 0.717) is 37.6 Å². The Balaban J connectivity index is 0.000000280. The predicted molar refractivity (Wildman–Crippen MR) is 255 cm³/mol. The standard InChI is InChI=1S/2C25H24N3O4.Co/c2*1-3-31-24-13-7-21(8-14-24)26-17-20(19-5-11-23(12-6-19)28(29)30)18-27-22-9-15-25(16-10-22)32-4-2;/h2*5-18H,3-4H2,1-2H3;/q2*-1;+2/b2*20-17+,27-18?;. The molecular weight excluding hydrogens is 872 g/mol. The minimum Gasteiger partial charge on any atom is -0.664 e. The Kier molecular flexibility index (Phi) is 20.5. The van der Waals surface area contributed by atoms with Gasteiger partial charge in [0, 0.05) is 36.7 Å². The molecule has 65 heavy (non-hydrogen) atoms. The van der Waals surface area contributed by atoms with E-state index in [4.69, 9.17) is 18.9 Å². The van der Waals surface area contributed by atoms with Crippen LogP contribution in [0.15, 0.2) is 168 Å². The summed E-state index contributed by atoms with van der Waals surface area (Å²) in [7, 11) is 0. The van der Waals surface area contributed by atoms with Crippen LogP contribution in [0.1, 0.15) is 38.8 Å². The molecule has 6 aromatic carbocycles. The molecule has 0 amide bonds. The van der Waals surface area contributed by atoms with Gasteiger partial charge in [0.2, 0.25) is 0 Å². The Morgan fingerprint density at radius 3 is 1.00 bits per heavy atom. The molecule has 0 heterocycles. The van der Waals surface area contributed by atoms with Gasteiger partial charge in [0.15, 0.2) is 0 Å². The van der Waals surface area contributed by atoms with E-state index < -0.39 is 9.85 Å². The van der Waals surface area contributed by atoms with Crippen molar-refractivity contribution in [2.45, 2.75) is 27.7 Å². The van der Waals surface area contributed by atoms with Gasteiger partial charge in [-0.25, -0.2) is 0 Å². The zero-order valence-corrected chi connectivity index (χ0v) is 37.3. The summed E-state index contributed by atoms with van der Waals surface area (Å²) in [5.74, 6) is 3.12. The number of ether oxygens (including phenoxy) is 4. The Morgan fingerprint density at radius 1 is 0.462 bits per heavy atom. The number of nitrogens with zero attached hydrogens (tertiary/aromatic N) is 6. The Hall–Kier alpha value is -7.75. The van der Waals surface area contributed by atoms with Crippen molar-refractivity contribution in [1.82, 2.24) is 0 Å². The van der Waals surface area contributed by atoms with Crippen molar-refractivity contribution in [1.29, 1.82) is 0 Å². The fourth-order valence-electron chi connectivity index (χ4n) is 5.67. The summed E-state index contributed by atoms with van der Waals surface area (Å²) < 4.78 is 21.8. The maximum Gasteiger partial charge on any atom is 2.00 e. The van der Waals surface area contributed by atoms with E-state index in [1.54, 1.807) is 49.1 Å². The Labute approximate surface area is 388 Å². The molecule has 0 spiro atoms. The predicted octanol–water partition coefficient (Wildman–Crippen LogP) is 13.7. The average Bonchev–Trinajstić information content (AvgIpc) is 3.32. The molecule has 0 atom stereocenters. The third-order valence-corrected chi connectivity index (χ3v) is 8.82. The molecule has 6 aromatic rings. The second-order valence-corrected chi connectivity index (χ2v) is 13.3. The largest absolute Gasteiger partial charge is 2.00 e. The molecule has 6 rings (SSSR count). The minimum atomic E-state index is -0.425. The van der Waals surface area contributed by atoms with Crippen molar-refractivity contribution in [3.8, 4) is 23.0 Å². The third-order valence-electron chi connectivity index (χ3n) is 8.82. The van der Waals surface area contributed by atoms with Crippen molar-refractivity contribution < 1.29 is 45.6 Å². The van der Waals surface area contributed by atoms with Crippen LogP contribution >= 0.6 is 0 Å². The second kappa shape index (κ2) is 26.7. The molecule has 14 nitrogen and oxygen atoms in total. The zero-order chi connectivity index (χ0) is 45.5. The molecule has 0 aliphatic carbocycles. The first-order chi connectivity index (χ1) is 31.2. The Bertz CT molecular complexity index is 2330. The summed E-state index contributed by atoms with van der Waals surface area (Å²) >= 11 is 0. The number of hydrogen-bond donors (Lipinski definition) is 0. The maximum atomic E-state index is 11.0. The molecule has 0 saturated carbocycles. The molecular formula is C50H48CoN6O8. The number of nitro benzene ring substituents is 2. The van der Waals surface area contributed by atoms with Gasteiger partial charge in [-0.1, -0.05) is 24.3 Å². The summed E-state index contributed by atoms with van der Waals surface area (Å²) in [6.45, 7) is 10.1. The molecule has 1 radical (unpaired) electrons. The van der Waals surface area contributed by atoms with Crippen molar-refractivity contribution in [3.05, 3.63) is 200 Å². The van der Waals surface area contributed by atoms with Crippen LogP contribution < -0.4 is 18.9 Å². The van der Waals surface area contributed by atoms with Gasteiger partial charge >= 0.3 is 16.8 Å². The van der Waals surface area contributed by atoms with Gasteiger partial charge in [0.05, 0.1) is 47.6 Å². The topological polar surface area (TPSA) is 176 Å². The first-order valence-electron chi connectivity index (χ1n) is 20.5. The van der Waals surface area contributed by atoms with E-state index >= 15 is 0 Å². The average molecular weight is 920 g/mol. The second-order valence-electron chi connectivity index (χ2n) is 13.3. The quantitative estimate of drug-likeness (QED) is 0.0413. The normalized spacial score (nSPS) is 11.2. The van der Waals surface area contributed by atoms with Gasteiger partial charge in [-0.15, -0.1) is 11.4 Å². The smallest absolute Gasteiger partial charge is 0.664 e. The summed E-state index contributed by atoms with van der Waals surface area (Å²) in [4.78, 5) is 30.2. The fourth-order valence-corrected chi connectivity index (χ4v) is 5.67. The minimum absolute atomic E-state index is 0. The van der Waals surface area contributed by atoms with Crippen LogP contribution in [0.4, 0.5) is 34.1 Å². The van der Waals surface area contributed by atoms with E-state index in [1.165, 1.54) is 24.3 Å². The fraction of sp³-hybridized carbons (Fsp3) is 0.160. The number of hydrogen-bond acceptors (Lipinski definition) is 10. The Morgan fingerprint density at radius 2 is 0.738 bits per heavy atom. The molecule has 0 aromatic heterocycles. The van der Waals surface area contributed by atoms with Crippen molar-refractivity contribution in [3.63, 3.8) is 0 Å². The first-order valence-corrected chi connectivity index (χ1v) is 20.5. The van der Waals surface area contributed by atoms with Crippen LogP contribution in [0.25, 0.3) is 21.8 Å². The molecule has 0 N–H and O–H groups in total. The van der Waals surface area contributed by atoms with Gasteiger partial charge in [-0.3, -0.25) is 30.2 Å². The van der Waals surface area contributed by atoms with Crippen LogP contribution in [0.2, 0.25) is 0 Å². The van der Waals surface area contributed by atoms with E-state index in [9.17, 15) is 20.2 Å². The number of non-ortho nitro benzene ring substituents is 2. The third kappa shape index (κ3) is 16.5. The molecule has 0 aliphatic heterocycles. The van der Waals surface area contributed by atoms with E-state index in [-0.39, 0.29) is 28.2 Å². The summed E-state index contributed by atoms with van der Waals surface area (Å²) in [6.07, 6.45) is 6.76. The first kappa shape index (κ1) is 49.9. The monoisotopic (exact) mass is 919 g/mol. The molecule has 0 saturated heterocycles. The van der Waals surface area contributed by atoms with Gasteiger partial charge in [0.1, 0.15) is 23.0 Å². The number of benzene rings is 6. The maximum absolute atomic E-state index is 11.0. The SMILES string of the molecule is CCOc1ccc(N=C/C(=C\[N-]c2ccc(OCC)cc2)c2ccc([N+](=O)[O-])cc2)cc1.CCOc1ccc(N=C/C(=C\[N-]c2ccc(OCC)cc2)c2ccc([N+](=O)[O-])cc2)cc1.[Co+2]. The van der Waals surface area contributed by atoms with Crippen LogP contribution in [0.5, 0.6) is 23.0 Å². The molecule has 0 bridgehead atoms. The zero-order valence-electron chi connectivity index (χ0n) is 36.3. The van der Waals surface area contributed by atoms with E-state index in [1.807, 2.05) is 125 Å². The van der Waals surface area contributed by atoms with Crippen molar-refractivity contribution in [2.75, 3.05) is 26.4 Å². The molecule has 0 fully saturated rings. The number of rotatable bonds is 20. The molecule has 0 aliphatic rings. The molecule has 335 valence electrons. The van der Waals surface area contributed by atoms with Crippen LogP contribution in [-0.4, -0.2) is 48.7 Å². The summed E-state index contributed by atoms with van der Waals surface area (Å²) in [5.41, 5.74) is 6.01. The number of allylic oxidation sites excluding steroid dienone is 2. The van der Waals surface area contributed by atoms with Crippen molar-refractivity contribution in [2.24, 2.45) is 9.98 Å². The van der Waals surface area contributed by atoms with E-state index in [2.05, 4.69) is 20.6 Å². The van der Waals surface area contributed by atoms with Crippen molar-refractivity contribution >= 4 is 57.7 Å². The molecule has 0 unspecified atom stereocenters. The van der Waals surface area contributed by atoms with Crippen LogP contribution in [0, 0.1) is 20.2 Å². The number of nitro groups is 2. The molecule has 15 heteroatoms. The summed E-state index contributed by atoms with van der Waals surface area (Å²) in [6, 6.07) is 42.3. The van der Waals surface area contributed by atoms with Gasteiger partial charge in [0.25, 0.3) is 11.4 Å². The van der Waals surface area contributed by atoms with Crippen LogP contribution in [0.3, 0.4) is 0 Å².